The van der Waals surface area contributed by atoms with E-state index in [9.17, 15) is 0 Å². The SMILES string of the molecule is COc1cc(Cl)c(C)cc1NC(C)c1ccccc1Cl. The number of ether oxygens (including phenoxy) is 1. The molecule has 4 heteroatoms. The van der Waals surface area contributed by atoms with Crippen molar-refractivity contribution in [2.75, 3.05) is 12.4 Å². The molecule has 2 nitrogen and oxygen atoms in total. The summed E-state index contributed by atoms with van der Waals surface area (Å²) in [5, 5.41) is 4.86. The number of nitrogens with one attached hydrogen (secondary N) is 1. The normalized spacial score (nSPS) is 12.1. The smallest absolute Gasteiger partial charge is 0.143 e. The monoisotopic (exact) mass is 309 g/mol. The lowest BCUT2D eigenvalue weighted by Crippen LogP contribution is -2.08. The molecular weight excluding hydrogens is 293 g/mol. The number of rotatable bonds is 4. The first kappa shape index (κ1) is 15.0. The summed E-state index contributed by atoms with van der Waals surface area (Å²) in [6.07, 6.45) is 0. The number of aryl methyl sites for hydroxylation is 1. The molecule has 0 aliphatic rings. The summed E-state index contributed by atoms with van der Waals surface area (Å²) in [5.74, 6) is 0.722. The Hall–Kier alpha value is -1.38. The van der Waals surface area contributed by atoms with Crippen molar-refractivity contribution in [1.82, 2.24) is 0 Å². The van der Waals surface area contributed by atoms with Gasteiger partial charge < -0.3 is 10.1 Å². The van der Waals surface area contributed by atoms with E-state index in [1.54, 1.807) is 7.11 Å². The van der Waals surface area contributed by atoms with Crippen LogP contribution in [0.1, 0.15) is 24.1 Å². The Bertz CT molecular complexity index is 613. The predicted molar refractivity (Wildman–Crippen MR) is 86.2 cm³/mol. The standard InChI is InChI=1S/C16H17Cl2NO/c1-10-8-15(16(20-3)9-14(10)18)19-11(2)12-6-4-5-7-13(12)17/h4-9,11,19H,1-3H3. The van der Waals surface area contributed by atoms with E-state index < -0.39 is 0 Å². The van der Waals surface area contributed by atoms with Crippen LogP contribution < -0.4 is 10.1 Å². The van der Waals surface area contributed by atoms with Gasteiger partial charge in [0.1, 0.15) is 5.75 Å². The van der Waals surface area contributed by atoms with Crippen LogP contribution in [0.4, 0.5) is 5.69 Å². The second-order valence-corrected chi connectivity index (χ2v) is 5.50. The minimum absolute atomic E-state index is 0.0678. The molecule has 0 aliphatic heterocycles. The molecule has 0 spiro atoms. The quantitative estimate of drug-likeness (QED) is 0.807. The molecule has 0 fully saturated rings. The first-order chi connectivity index (χ1) is 9.52. The largest absolute Gasteiger partial charge is 0.495 e. The van der Waals surface area contributed by atoms with Gasteiger partial charge in [0, 0.05) is 16.1 Å². The average molecular weight is 310 g/mol. The van der Waals surface area contributed by atoms with E-state index in [1.165, 1.54) is 0 Å². The fourth-order valence-corrected chi connectivity index (χ4v) is 2.54. The number of methoxy groups -OCH3 is 1. The topological polar surface area (TPSA) is 21.3 Å². The molecule has 0 aliphatic carbocycles. The van der Waals surface area contributed by atoms with Crippen molar-refractivity contribution in [1.29, 1.82) is 0 Å². The van der Waals surface area contributed by atoms with Gasteiger partial charge in [-0.25, -0.2) is 0 Å². The fraction of sp³-hybridized carbons (Fsp3) is 0.250. The molecule has 0 heterocycles. The van der Waals surface area contributed by atoms with Crippen molar-refractivity contribution >= 4 is 28.9 Å². The summed E-state index contributed by atoms with van der Waals surface area (Å²) in [5.41, 5.74) is 2.95. The highest BCUT2D eigenvalue weighted by molar-refractivity contribution is 6.31. The molecule has 2 rings (SSSR count). The van der Waals surface area contributed by atoms with E-state index in [4.69, 9.17) is 27.9 Å². The van der Waals surface area contributed by atoms with Crippen molar-refractivity contribution in [3.8, 4) is 5.75 Å². The molecule has 1 N–H and O–H groups in total. The maximum Gasteiger partial charge on any atom is 0.143 e. The van der Waals surface area contributed by atoms with Gasteiger partial charge in [0.15, 0.2) is 0 Å². The molecule has 0 amide bonds. The van der Waals surface area contributed by atoms with Crippen molar-refractivity contribution in [3.63, 3.8) is 0 Å². The highest BCUT2D eigenvalue weighted by atomic mass is 35.5. The van der Waals surface area contributed by atoms with Crippen molar-refractivity contribution in [2.24, 2.45) is 0 Å². The predicted octanol–water partition coefficient (Wildman–Crippen LogP) is 5.48. The lowest BCUT2D eigenvalue weighted by Gasteiger charge is -2.19. The highest BCUT2D eigenvalue weighted by Gasteiger charge is 2.13. The van der Waals surface area contributed by atoms with E-state index in [2.05, 4.69) is 12.2 Å². The minimum Gasteiger partial charge on any atom is -0.495 e. The number of benzene rings is 2. The Kier molecular flexibility index (Phi) is 4.79. The van der Waals surface area contributed by atoms with Crippen molar-refractivity contribution in [3.05, 3.63) is 57.6 Å². The fourth-order valence-electron chi connectivity index (χ4n) is 2.08. The third-order valence-electron chi connectivity index (χ3n) is 3.22. The van der Waals surface area contributed by atoms with Crippen LogP contribution in [0.25, 0.3) is 0 Å². The number of hydrogen-bond acceptors (Lipinski definition) is 2. The zero-order valence-electron chi connectivity index (χ0n) is 11.7. The first-order valence-corrected chi connectivity index (χ1v) is 7.13. The van der Waals surface area contributed by atoms with E-state index in [0.29, 0.717) is 5.02 Å². The lowest BCUT2D eigenvalue weighted by atomic mass is 10.1. The Morgan fingerprint density at radius 2 is 1.80 bits per heavy atom. The van der Waals surface area contributed by atoms with Gasteiger partial charge >= 0.3 is 0 Å². The third-order valence-corrected chi connectivity index (χ3v) is 3.98. The average Bonchev–Trinajstić information content (AvgIpc) is 2.43. The summed E-state index contributed by atoms with van der Waals surface area (Å²) < 4.78 is 5.37. The molecule has 0 saturated carbocycles. The molecule has 1 atom stereocenters. The number of anilines is 1. The zero-order valence-corrected chi connectivity index (χ0v) is 13.2. The Balaban J connectivity index is 2.30. The van der Waals surface area contributed by atoms with E-state index in [1.807, 2.05) is 43.3 Å². The first-order valence-electron chi connectivity index (χ1n) is 6.38. The molecule has 0 radical (unpaired) electrons. The van der Waals surface area contributed by atoms with Gasteiger partial charge in [0.25, 0.3) is 0 Å². The van der Waals surface area contributed by atoms with Crippen LogP contribution in [0.15, 0.2) is 36.4 Å². The summed E-state index contributed by atoms with van der Waals surface area (Å²) in [4.78, 5) is 0. The molecule has 0 saturated heterocycles. The van der Waals surface area contributed by atoms with Gasteiger partial charge in [-0.15, -0.1) is 0 Å². The Morgan fingerprint density at radius 3 is 2.45 bits per heavy atom. The molecule has 0 bridgehead atoms. The molecule has 0 aromatic heterocycles. The van der Waals surface area contributed by atoms with Crippen molar-refractivity contribution in [2.45, 2.75) is 19.9 Å². The van der Waals surface area contributed by atoms with Gasteiger partial charge in [-0.05, 0) is 37.1 Å². The second-order valence-electron chi connectivity index (χ2n) is 4.69. The van der Waals surface area contributed by atoms with E-state index in [-0.39, 0.29) is 6.04 Å². The second kappa shape index (κ2) is 6.38. The van der Waals surface area contributed by atoms with Gasteiger partial charge in [0.05, 0.1) is 18.8 Å². The molecular formula is C16H17Cl2NO. The van der Waals surface area contributed by atoms with Crippen LogP contribution in [0, 0.1) is 6.92 Å². The Morgan fingerprint density at radius 1 is 1.10 bits per heavy atom. The van der Waals surface area contributed by atoms with Gasteiger partial charge in [-0.1, -0.05) is 41.4 Å². The minimum atomic E-state index is 0.0678. The summed E-state index contributed by atoms with van der Waals surface area (Å²) in [6, 6.07) is 11.7. The molecule has 2 aromatic rings. The Labute approximate surface area is 129 Å². The van der Waals surface area contributed by atoms with Gasteiger partial charge in [0.2, 0.25) is 0 Å². The maximum absolute atomic E-state index is 6.22. The van der Waals surface area contributed by atoms with E-state index >= 15 is 0 Å². The molecule has 2 aromatic carbocycles. The van der Waals surface area contributed by atoms with Crippen LogP contribution in [0.2, 0.25) is 10.0 Å². The lowest BCUT2D eigenvalue weighted by molar-refractivity contribution is 0.416. The summed E-state index contributed by atoms with van der Waals surface area (Å²) >= 11 is 12.3. The van der Waals surface area contributed by atoms with Crippen molar-refractivity contribution < 1.29 is 4.74 Å². The van der Waals surface area contributed by atoms with Gasteiger partial charge in [-0.2, -0.15) is 0 Å². The van der Waals surface area contributed by atoms with Crippen LogP contribution in [0.3, 0.4) is 0 Å². The van der Waals surface area contributed by atoms with Crippen LogP contribution in [-0.2, 0) is 0 Å². The molecule has 1 unspecified atom stereocenters. The van der Waals surface area contributed by atoms with Gasteiger partial charge in [-0.3, -0.25) is 0 Å². The third kappa shape index (κ3) is 3.20. The zero-order chi connectivity index (χ0) is 14.7. The molecule has 106 valence electrons. The van der Waals surface area contributed by atoms with Crippen LogP contribution >= 0.6 is 23.2 Å². The van der Waals surface area contributed by atoms with E-state index in [0.717, 1.165) is 27.6 Å². The number of hydrogen-bond donors (Lipinski definition) is 1. The summed E-state index contributed by atoms with van der Waals surface area (Å²) in [7, 11) is 1.63. The molecule has 20 heavy (non-hydrogen) atoms. The number of halogens is 2. The van der Waals surface area contributed by atoms with Crippen LogP contribution in [-0.4, -0.2) is 7.11 Å². The summed E-state index contributed by atoms with van der Waals surface area (Å²) in [6.45, 7) is 4.03. The van der Waals surface area contributed by atoms with Crippen LogP contribution in [0.5, 0.6) is 5.75 Å². The maximum atomic E-state index is 6.22. The highest BCUT2D eigenvalue weighted by Crippen LogP contribution is 2.34.